The summed E-state index contributed by atoms with van der Waals surface area (Å²) in [5.41, 5.74) is 0. The first-order valence-electron chi connectivity index (χ1n) is 7.34. The summed E-state index contributed by atoms with van der Waals surface area (Å²) < 4.78 is 30.8. The van der Waals surface area contributed by atoms with E-state index in [1.54, 1.807) is 4.90 Å². The average molecular weight is 306 g/mol. The lowest BCUT2D eigenvalue weighted by molar-refractivity contribution is -0.130. The van der Waals surface area contributed by atoms with Crippen LogP contribution in [0.15, 0.2) is 0 Å². The highest BCUT2D eigenvalue weighted by Gasteiger charge is 2.25. The van der Waals surface area contributed by atoms with Crippen LogP contribution in [0.4, 0.5) is 0 Å². The van der Waals surface area contributed by atoms with Crippen LogP contribution in [0.5, 0.6) is 0 Å². The van der Waals surface area contributed by atoms with E-state index in [0.29, 0.717) is 39.4 Å². The predicted molar refractivity (Wildman–Crippen MR) is 78.0 cm³/mol. The first-order valence-corrected chi connectivity index (χ1v) is 8.95. The maximum Gasteiger partial charge on any atom is 0.223 e. The Morgan fingerprint density at radius 1 is 1.15 bits per heavy atom. The summed E-state index contributed by atoms with van der Waals surface area (Å²) in [4.78, 5) is 13.8. The molecule has 0 saturated carbocycles. The quantitative estimate of drug-likeness (QED) is 0.661. The Kier molecular flexibility index (Phi) is 7.47. The zero-order valence-electron chi connectivity index (χ0n) is 12.5. The Morgan fingerprint density at radius 3 is 2.20 bits per heavy atom. The number of morpholine rings is 1. The van der Waals surface area contributed by atoms with Crippen molar-refractivity contribution in [2.24, 2.45) is 0 Å². The highest BCUT2D eigenvalue weighted by Crippen LogP contribution is 2.08. The number of hydrogen-bond donors (Lipinski definition) is 0. The molecule has 118 valence electrons. The van der Waals surface area contributed by atoms with E-state index in [2.05, 4.69) is 0 Å². The number of nitrogens with zero attached hydrogens (tertiary/aromatic N) is 2. The van der Waals surface area contributed by atoms with Crippen LogP contribution < -0.4 is 0 Å². The fraction of sp³-hybridized carbons (Fsp3) is 0.923. The number of ether oxygens (including phenoxy) is 1. The van der Waals surface area contributed by atoms with Crippen molar-refractivity contribution in [2.75, 3.05) is 45.1 Å². The Morgan fingerprint density at radius 2 is 1.70 bits per heavy atom. The van der Waals surface area contributed by atoms with Gasteiger partial charge in [0.05, 0.1) is 19.0 Å². The average Bonchev–Trinajstić information content (AvgIpc) is 2.45. The molecule has 6 nitrogen and oxygen atoms in total. The van der Waals surface area contributed by atoms with Crippen LogP contribution in [0.3, 0.4) is 0 Å². The fourth-order valence-electron chi connectivity index (χ4n) is 2.23. The first kappa shape index (κ1) is 17.4. The lowest BCUT2D eigenvalue weighted by Gasteiger charge is -2.26. The molecule has 1 rings (SSSR count). The van der Waals surface area contributed by atoms with Gasteiger partial charge in [-0.2, -0.15) is 4.31 Å². The maximum atomic E-state index is 12.1. The largest absolute Gasteiger partial charge is 0.379 e. The van der Waals surface area contributed by atoms with Gasteiger partial charge in [0, 0.05) is 32.6 Å². The van der Waals surface area contributed by atoms with Crippen molar-refractivity contribution < 1.29 is 17.9 Å². The third kappa shape index (κ3) is 5.38. The molecule has 1 saturated heterocycles. The van der Waals surface area contributed by atoms with E-state index in [4.69, 9.17) is 4.74 Å². The summed E-state index contributed by atoms with van der Waals surface area (Å²) in [5, 5.41) is 0. The van der Waals surface area contributed by atoms with E-state index in [9.17, 15) is 13.2 Å². The van der Waals surface area contributed by atoms with E-state index in [-0.39, 0.29) is 18.1 Å². The van der Waals surface area contributed by atoms with Crippen LogP contribution in [0, 0.1) is 0 Å². The minimum Gasteiger partial charge on any atom is -0.379 e. The molecule has 0 spiro atoms. The molecule has 0 aliphatic carbocycles. The van der Waals surface area contributed by atoms with Crippen molar-refractivity contribution in [1.82, 2.24) is 9.21 Å². The van der Waals surface area contributed by atoms with Gasteiger partial charge >= 0.3 is 0 Å². The van der Waals surface area contributed by atoms with Gasteiger partial charge in [-0.05, 0) is 12.8 Å². The smallest absolute Gasteiger partial charge is 0.223 e. The van der Waals surface area contributed by atoms with Gasteiger partial charge in [0.15, 0.2) is 0 Å². The molecule has 20 heavy (non-hydrogen) atoms. The predicted octanol–water partition coefficient (Wildman–Crippen LogP) is 0.687. The Balaban J connectivity index is 2.49. The fourth-order valence-corrected chi connectivity index (χ4v) is 3.63. The second kappa shape index (κ2) is 8.59. The number of carbonyl (C=O) groups excluding carboxylic acids is 1. The van der Waals surface area contributed by atoms with E-state index in [0.717, 1.165) is 12.8 Å². The molecule has 1 heterocycles. The van der Waals surface area contributed by atoms with Crippen LogP contribution in [-0.2, 0) is 19.6 Å². The van der Waals surface area contributed by atoms with Gasteiger partial charge in [-0.25, -0.2) is 8.42 Å². The molecule has 1 aliphatic heterocycles. The van der Waals surface area contributed by atoms with E-state index in [1.807, 2.05) is 13.8 Å². The van der Waals surface area contributed by atoms with Gasteiger partial charge in [0.2, 0.25) is 15.9 Å². The third-order valence-electron chi connectivity index (χ3n) is 3.28. The van der Waals surface area contributed by atoms with Gasteiger partial charge in [0.1, 0.15) is 0 Å². The van der Waals surface area contributed by atoms with Crippen LogP contribution in [0.2, 0.25) is 0 Å². The molecule has 0 aromatic carbocycles. The molecule has 1 amide bonds. The zero-order chi connectivity index (χ0) is 15.0. The molecule has 0 bridgehead atoms. The van der Waals surface area contributed by atoms with Crippen molar-refractivity contribution in [3.8, 4) is 0 Å². The molecule has 0 aromatic heterocycles. The number of amides is 1. The standard InChI is InChI=1S/C13H26N2O4S/c1-3-6-14(7-4-2)13(16)5-12-20(17,18)15-8-10-19-11-9-15/h3-12H2,1-2H3. The van der Waals surface area contributed by atoms with Crippen LogP contribution >= 0.6 is 0 Å². The number of hydrogen-bond acceptors (Lipinski definition) is 4. The molecular weight excluding hydrogens is 280 g/mol. The summed E-state index contributed by atoms with van der Waals surface area (Å²) in [6.07, 6.45) is 1.85. The Labute approximate surface area is 122 Å². The lowest BCUT2D eigenvalue weighted by atomic mass is 10.3. The molecule has 1 aliphatic rings. The SMILES string of the molecule is CCCN(CCC)C(=O)CCS(=O)(=O)N1CCOCC1. The molecule has 7 heteroatoms. The number of sulfonamides is 1. The van der Waals surface area contributed by atoms with Gasteiger partial charge in [-0.15, -0.1) is 0 Å². The summed E-state index contributed by atoms with van der Waals surface area (Å²) in [7, 11) is -3.34. The lowest BCUT2D eigenvalue weighted by Crippen LogP contribution is -2.43. The molecular formula is C13H26N2O4S. The summed E-state index contributed by atoms with van der Waals surface area (Å²) in [6.45, 7) is 7.08. The summed E-state index contributed by atoms with van der Waals surface area (Å²) in [6, 6.07) is 0. The van der Waals surface area contributed by atoms with Gasteiger partial charge in [-0.1, -0.05) is 13.8 Å². The first-order chi connectivity index (χ1) is 9.51. The van der Waals surface area contributed by atoms with E-state index >= 15 is 0 Å². The second-order valence-corrected chi connectivity index (χ2v) is 7.05. The third-order valence-corrected chi connectivity index (χ3v) is 5.15. The van der Waals surface area contributed by atoms with Crippen molar-refractivity contribution in [3.63, 3.8) is 0 Å². The van der Waals surface area contributed by atoms with E-state index < -0.39 is 10.0 Å². The van der Waals surface area contributed by atoms with Crippen LogP contribution in [0.25, 0.3) is 0 Å². The van der Waals surface area contributed by atoms with Crippen molar-refractivity contribution in [3.05, 3.63) is 0 Å². The Bertz CT molecular complexity index is 385. The molecule has 0 atom stereocenters. The summed E-state index contributed by atoms with van der Waals surface area (Å²) >= 11 is 0. The topological polar surface area (TPSA) is 66.9 Å². The van der Waals surface area contributed by atoms with E-state index in [1.165, 1.54) is 4.31 Å². The van der Waals surface area contributed by atoms with Gasteiger partial charge in [0.25, 0.3) is 0 Å². The molecule has 0 N–H and O–H groups in total. The number of carbonyl (C=O) groups is 1. The highest BCUT2D eigenvalue weighted by molar-refractivity contribution is 7.89. The Hall–Kier alpha value is -0.660. The molecule has 0 unspecified atom stereocenters. The minimum atomic E-state index is -3.34. The number of rotatable bonds is 8. The van der Waals surface area contributed by atoms with Crippen molar-refractivity contribution in [2.45, 2.75) is 33.1 Å². The maximum absolute atomic E-state index is 12.1. The van der Waals surface area contributed by atoms with Crippen molar-refractivity contribution >= 4 is 15.9 Å². The highest BCUT2D eigenvalue weighted by atomic mass is 32.2. The van der Waals surface area contributed by atoms with Crippen molar-refractivity contribution in [1.29, 1.82) is 0 Å². The monoisotopic (exact) mass is 306 g/mol. The summed E-state index contributed by atoms with van der Waals surface area (Å²) in [5.74, 6) is -0.166. The van der Waals surface area contributed by atoms with Gasteiger partial charge < -0.3 is 9.64 Å². The molecule has 1 fully saturated rings. The second-order valence-electron chi connectivity index (χ2n) is 4.96. The van der Waals surface area contributed by atoms with Crippen LogP contribution in [-0.4, -0.2) is 68.7 Å². The molecule has 0 radical (unpaired) electrons. The van der Waals surface area contributed by atoms with Crippen LogP contribution in [0.1, 0.15) is 33.1 Å². The normalized spacial score (nSPS) is 17.1. The molecule has 0 aromatic rings. The minimum absolute atomic E-state index is 0.0643. The van der Waals surface area contributed by atoms with Gasteiger partial charge in [-0.3, -0.25) is 4.79 Å². The zero-order valence-corrected chi connectivity index (χ0v) is 13.3.